The average molecular weight is 369 g/mol. The van der Waals surface area contributed by atoms with Gasteiger partial charge in [0.25, 0.3) is 5.91 Å². The molecule has 1 N–H and O–H groups in total. The van der Waals surface area contributed by atoms with E-state index in [4.69, 9.17) is 16.3 Å². The van der Waals surface area contributed by atoms with Gasteiger partial charge in [-0.3, -0.25) is 4.79 Å². The van der Waals surface area contributed by atoms with Crippen LogP contribution in [0.2, 0.25) is 5.02 Å². The Kier molecular flexibility index (Phi) is 5.26. The molecule has 0 aliphatic heterocycles. The first-order valence-electron chi connectivity index (χ1n) is 6.40. The van der Waals surface area contributed by atoms with Crippen molar-refractivity contribution in [3.8, 4) is 5.75 Å². The summed E-state index contributed by atoms with van der Waals surface area (Å²) in [5.41, 5.74) is 2.98. The van der Waals surface area contributed by atoms with E-state index in [1.807, 2.05) is 32.0 Å². The maximum atomic E-state index is 11.9. The summed E-state index contributed by atoms with van der Waals surface area (Å²) in [5.74, 6) is 0.374. The van der Waals surface area contributed by atoms with Crippen molar-refractivity contribution in [2.75, 3.05) is 11.9 Å². The smallest absolute Gasteiger partial charge is 0.262 e. The van der Waals surface area contributed by atoms with Gasteiger partial charge < -0.3 is 10.1 Å². The first-order chi connectivity index (χ1) is 9.95. The van der Waals surface area contributed by atoms with Crippen LogP contribution in [0.4, 0.5) is 5.69 Å². The molecule has 0 saturated heterocycles. The number of ether oxygens (including phenoxy) is 1. The van der Waals surface area contributed by atoms with E-state index >= 15 is 0 Å². The van der Waals surface area contributed by atoms with Crippen molar-refractivity contribution in [3.05, 3.63) is 57.0 Å². The van der Waals surface area contributed by atoms with Crippen molar-refractivity contribution in [2.45, 2.75) is 13.8 Å². The van der Waals surface area contributed by atoms with Crippen LogP contribution in [0.3, 0.4) is 0 Å². The van der Waals surface area contributed by atoms with E-state index in [0.29, 0.717) is 15.2 Å². The minimum Gasteiger partial charge on any atom is -0.483 e. The molecule has 0 heterocycles. The largest absolute Gasteiger partial charge is 0.483 e. The molecule has 0 unspecified atom stereocenters. The number of carbonyl (C=O) groups excluding carboxylic acids is 1. The lowest BCUT2D eigenvalue weighted by molar-refractivity contribution is -0.118. The lowest BCUT2D eigenvalue weighted by Crippen LogP contribution is -2.20. The van der Waals surface area contributed by atoms with Crippen LogP contribution in [0, 0.1) is 13.8 Å². The maximum absolute atomic E-state index is 11.9. The molecule has 5 heteroatoms. The summed E-state index contributed by atoms with van der Waals surface area (Å²) < 4.78 is 6.19. The second kappa shape index (κ2) is 6.96. The number of hydrogen-bond acceptors (Lipinski definition) is 2. The van der Waals surface area contributed by atoms with Crippen LogP contribution in [0.5, 0.6) is 5.75 Å². The number of carbonyl (C=O) groups is 1. The van der Waals surface area contributed by atoms with Gasteiger partial charge in [0.2, 0.25) is 0 Å². The van der Waals surface area contributed by atoms with Crippen molar-refractivity contribution in [1.29, 1.82) is 0 Å². The van der Waals surface area contributed by atoms with E-state index in [0.717, 1.165) is 16.8 Å². The van der Waals surface area contributed by atoms with Crippen LogP contribution < -0.4 is 10.1 Å². The van der Waals surface area contributed by atoms with Gasteiger partial charge in [0.1, 0.15) is 5.75 Å². The van der Waals surface area contributed by atoms with Crippen molar-refractivity contribution in [3.63, 3.8) is 0 Å². The number of anilines is 1. The fourth-order valence-corrected chi connectivity index (χ4v) is 2.67. The Morgan fingerprint density at radius 1 is 1.24 bits per heavy atom. The second-order valence-corrected chi connectivity index (χ2v) is 6.02. The van der Waals surface area contributed by atoms with E-state index in [2.05, 4.69) is 21.2 Å². The molecule has 0 radical (unpaired) electrons. The molecule has 0 fully saturated rings. The van der Waals surface area contributed by atoms with Gasteiger partial charge in [-0.25, -0.2) is 0 Å². The summed E-state index contributed by atoms with van der Waals surface area (Å²) in [6, 6.07) is 11.0. The fourth-order valence-electron chi connectivity index (χ4n) is 1.88. The summed E-state index contributed by atoms with van der Waals surface area (Å²) in [4.78, 5) is 11.9. The quantitative estimate of drug-likeness (QED) is 0.846. The highest BCUT2D eigenvalue weighted by Crippen LogP contribution is 2.28. The van der Waals surface area contributed by atoms with Gasteiger partial charge in [-0.05, 0) is 59.6 Å². The standard InChI is InChI=1S/C16H15BrClNO2/c1-10-3-5-14(11(2)7-10)19-16(20)9-21-15-6-4-12(18)8-13(15)17/h3-8H,9H2,1-2H3,(H,19,20). The lowest BCUT2D eigenvalue weighted by atomic mass is 10.1. The summed E-state index contributed by atoms with van der Waals surface area (Å²) in [6.07, 6.45) is 0. The van der Waals surface area contributed by atoms with Crippen LogP contribution in [-0.4, -0.2) is 12.5 Å². The number of rotatable bonds is 4. The Balaban J connectivity index is 1.96. The van der Waals surface area contributed by atoms with Gasteiger partial charge in [0, 0.05) is 10.7 Å². The van der Waals surface area contributed by atoms with Gasteiger partial charge in [-0.1, -0.05) is 29.3 Å². The Bertz CT molecular complexity index is 673. The van der Waals surface area contributed by atoms with Crippen molar-refractivity contribution >= 4 is 39.1 Å². The van der Waals surface area contributed by atoms with E-state index in [-0.39, 0.29) is 12.5 Å². The summed E-state index contributed by atoms with van der Waals surface area (Å²) in [6.45, 7) is 3.91. The van der Waals surface area contributed by atoms with Crippen molar-refractivity contribution in [2.24, 2.45) is 0 Å². The molecule has 21 heavy (non-hydrogen) atoms. The molecule has 0 aromatic heterocycles. The second-order valence-electron chi connectivity index (χ2n) is 4.73. The number of hydrogen-bond donors (Lipinski definition) is 1. The topological polar surface area (TPSA) is 38.3 Å². The van der Waals surface area contributed by atoms with E-state index in [1.54, 1.807) is 18.2 Å². The third-order valence-electron chi connectivity index (χ3n) is 2.91. The van der Waals surface area contributed by atoms with Crippen LogP contribution in [0.1, 0.15) is 11.1 Å². The highest BCUT2D eigenvalue weighted by molar-refractivity contribution is 9.10. The van der Waals surface area contributed by atoms with Crippen LogP contribution in [0.15, 0.2) is 40.9 Å². The van der Waals surface area contributed by atoms with Crippen LogP contribution in [-0.2, 0) is 4.79 Å². The predicted molar refractivity (Wildman–Crippen MR) is 89.2 cm³/mol. The predicted octanol–water partition coefficient (Wildman–Crippen LogP) is 4.74. The zero-order valence-electron chi connectivity index (χ0n) is 11.7. The SMILES string of the molecule is Cc1ccc(NC(=O)COc2ccc(Cl)cc2Br)c(C)c1. The Hall–Kier alpha value is -1.52. The van der Waals surface area contributed by atoms with Crippen molar-refractivity contribution < 1.29 is 9.53 Å². The zero-order chi connectivity index (χ0) is 15.4. The Morgan fingerprint density at radius 3 is 2.67 bits per heavy atom. The van der Waals surface area contributed by atoms with E-state index in [9.17, 15) is 4.79 Å². The number of nitrogens with one attached hydrogen (secondary N) is 1. The average Bonchev–Trinajstić information content (AvgIpc) is 2.41. The normalized spacial score (nSPS) is 10.3. The Morgan fingerprint density at radius 2 is 2.00 bits per heavy atom. The maximum Gasteiger partial charge on any atom is 0.262 e. The fraction of sp³-hybridized carbons (Fsp3) is 0.188. The van der Waals surface area contributed by atoms with Crippen molar-refractivity contribution in [1.82, 2.24) is 0 Å². The van der Waals surface area contributed by atoms with E-state index < -0.39 is 0 Å². The highest BCUT2D eigenvalue weighted by Gasteiger charge is 2.08. The zero-order valence-corrected chi connectivity index (χ0v) is 14.1. The number of amides is 1. The van der Waals surface area contributed by atoms with Gasteiger partial charge in [-0.2, -0.15) is 0 Å². The van der Waals surface area contributed by atoms with Gasteiger partial charge in [-0.15, -0.1) is 0 Å². The Labute approximate surface area is 137 Å². The molecular formula is C16H15BrClNO2. The van der Waals surface area contributed by atoms with Gasteiger partial charge >= 0.3 is 0 Å². The number of benzene rings is 2. The van der Waals surface area contributed by atoms with Crippen LogP contribution in [0.25, 0.3) is 0 Å². The molecule has 1 amide bonds. The number of aryl methyl sites for hydroxylation is 2. The van der Waals surface area contributed by atoms with E-state index in [1.165, 1.54) is 0 Å². The third kappa shape index (κ3) is 4.48. The molecule has 0 atom stereocenters. The highest BCUT2D eigenvalue weighted by atomic mass is 79.9. The first-order valence-corrected chi connectivity index (χ1v) is 7.58. The molecule has 0 bridgehead atoms. The molecule has 2 aromatic rings. The van der Waals surface area contributed by atoms with Gasteiger partial charge in [0.05, 0.1) is 4.47 Å². The van der Waals surface area contributed by atoms with Crippen LogP contribution >= 0.6 is 27.5 Å². The molecule has 0 aliphatic carbocycles. The molecule has 0 saturated carbocycles. The third-order valence-corrected chi connectivity index (χ3v) is 3.76. The molecule has 3 nitrogen and oxygen atoms in total. The summed E-state index contributed by atoms with van der Waals surface area (Å²) >= 11 is 9.19. The molecule has 2 rings (SSSR count). The summed E-state index contributed by atoms with van der Waals surface area (Å²) in [5, 5.41) is 3.44. The number of halogens is 2. The summed E-state index contributed by atoms with van der Waals surface area (Å²) in [7, 11) is 0. The molecule has 110 valence electrons. The molecular weight excluding hydrogens is 354 g/mol. The molecule has 0 aliphatic rings. The minimum atomic E-state index is -0.205. The molecule has 2 aromatic carbocycles. The lowest BCUT2D eigenvalue weighted by Gasteiger charge is -2.11. The first kappa shape index (κ1) is 15.9. The molecule has 0 spiro atoms. The monoisotopic (exact) mass is 367 g/mol. The van der Waals surface area contributed by atoms with Gasteiger partial charge in [0.15, 0.2) is 6.61 Å². The minimum absolute atomic E-state index is 0.0620.